The molecule has 4 rings (SSSR count). The first kappa shape index (κ1) is 16.9. The Morgan fingerprint density at radius 3 is 3.12 bits per heavy atom. The van der Waals surface area contributed by atoms with Gasteiger partial charge in [-0.1, -0.05) is 11.6 Å². The molecule has 1 aromatic heterocycles. The molecule has 0 saturated carbocycles. The van der Waals surface area contributed by atoms with Gasteiger partial charge in [0.05, 0.1) is 9.92 Å². The fraction of sp³-hybridized carbons (Fsp3) is 0.471. The maximum atomic E-state index is 12.7. The number of sulfonamides is 1. The van der Waals surface area contributed by atoms with Crippen molar-refractivity contribution >= 4 is 21.6 Å². The Bertz CT molecular complexity index is 910. The molecule has 1 N–H and O–H groups in total. The van der Waals surface area contributed by atoms with Crippen LogP contribution in [0.4, 0.5) is 0 Å². The van der Waals surface area contributed by atoms with E-state index in [0.717, 1.165) is 30.8 Å². The Kier molecular flexibility index (Phi) is 4.25. The second-order valence-electron chi connectivity index (χ2n) is 6.78. The third-order valence-electron chi connectivity index (χ3n) is 4.83. The van der Waals surface area contributed by atoms with E-state index in [-0.39, 0.29) is 16.9 Å². The Hall–Kier alpha value is -1.57. The topological polar surface area (TPSA) is 73.2 Å². The van der Waals surface area contributed by atoms with Gasteiger partial charge in [0.1, 0.15) is 17.7 Å². The average Bonchev–Trinajstić information content (AvgIpc) is 3.18. The summed E-state index contributed by atoms with van der Waals surface area (Å²) >= 11 is 6.21. The van der Waals surface area contributed by atoms with E-state index in [1.807, 2.05) is 13.1 Å². The molecule has 2 aromatic rings. The number of nitrogens with zero attached hydrogens (tertiary/aromatic N) is 2. The minimum atomic E-state index is -3.60. The Morgan fingerprint density at radius 2 is 2.28 bits per heavy atom. The van der Waals surface area contributed by atoms with Gasteiger partial charge in [-0.3, -0.25) is 0 Å². The van der Waals surface area contributed by atoms with Crippen LogP contribution in [0.5, 0.6) is 5.75 Å². The largest absolute Gasteiger partial charge is 0.489 e. The van der Waals surface area contributed by atoms with Crippen LogP contribution in [0.15, 0.2) is 29.4 Å². The van der Waals surface area contributed by atoms with Crippen molar-refractivity contribution in [3.05, 3.63) is 40.9 Å². The zero-order valence-electron chi connectivity index (χ0n) is 13.9. The number of fused-ring (bicyclic) bond motifs is 2. The molecule has 0 saturated heterocycles. The summed E-state index contributed by atoms with van der Waals surface area (Å²) in [4.78, 5) is 4.50. The molecule has 0 bridgehead atoms. The van der Waals surface area contributed by atoms with E-state index in [0.29, 0.717) is 23.7 Å². The molecule has 0 unspecified atom stereocenters. The van der Waals surface area contributed by atoms with Crippen LogP contribution in [0.2, 0.25) is 5.02 Å². The second-order valence-corrected chi connectivity index (χ2v) is 8.95. The molecule has 2 aliphatic heterocycles. The molecular weight excluding hydrogens is 362 g/mol. The molecule has 6 nitrogen and oxygen atoms in total. The lowest BCUT2D eigenvalue weighted by Crippen LogP contribution is -2.33. The quantitative estimate of drug-likeness (QED) is 0.882. The first-order valence-corrected chi connectivity index (χ1v) is 10.3. The van der Waals surface area contributed by atoms with Gasteiger partial charge in [-0.15, -0.1) is 0 Å². The van der Waals surface area contributed by atoms with Gasteiger partial charge >= 0.3 is 0 Å². The number of imidazole rings is 1. The van der Waals surface area contributed by atoms with Crippen molar-refractivity contribution in [2.75, 3.05) is 6.54 Å². The number of hydrogen-bond donors (Lipinski definition) is 1. The van der Waals surface area contributed by atoms with Crippen molar-refractivity contribution in [2.45, 2.75) is 43.7 Å². The molecule has 1 aromatic carbocycles. The van der Waals surface area contributed by atoms with Gasteiger partial charge in [-0.05, 0) is 31.4 Å². The highest BCUT2D eigenvalue weighted by Crippen LogP contribution is 2.38. The molecule has 25 heavy (non-hydrogen) atoms. The SMILES string of the molecule is C[C@H]1Cc2cc(S(=O)(=O)NC[C@H]3CCc4nccn4C3)cc(Cl)c2O1. The lowest BCUT2D eigenvalue weighted by molar-refractivity contribution is 0.255. The van der Waals surface area contributed by atoms with Gasteiger partial charge in [0.15, 0.2) is 0 Å². The molecule has 134 valence electrons. The molecule has 0 aliphatic carbocycles. The van der Waals surface area contributed by atoms with E-state index in [2.05, 4.69) is 14.3 Å². The average molecular weight is 382 g/mol. The van der Waals surface area contributed by atoms with Gasteiger partial charge in [0.25, 0.3) is 0 Å². The summed E-state index contributed by atoms with van der Waals surface area (Å²) in [7, 11) is -3.60. The maximum absolute atomic E-state index is 12.7. The van der Waals surface area contributed by atoms with Gasteiger partial charge in [0.2, 0.25) is 10.0 Å². The number of hydrogen-bond acceptors (Lipinski definition) is 4. The summed E-state index contributed by atoms with van der Waals surface area (Å²) < 4.78 is 35.8. The standard InChI is InChI=1S/C17H20ClN3O3S/c1-11-6-13-7-14(8-15(18)17(13)24-11)25(22,23)20-9-12-2-3-16-19-4-5-21(16)10-12/h4-5,7-8,11-12,20H,2-3,6,9-10H2,1H3/t11-,12+/m0/s1. The van der Waals surface area contributed by atoms with Crippen molar-refractivity contribution in [3.63, 3.8) is 0 Å². The van der Waals surface area contributed by atoms with Gasteiger partial charge in [0, 0.05) is 43.9 Å². The third-order valence-corrected chi connectivity index (χ3v) is 6.51. The fourth-order valence-corrected chi connectivity index (χ4v) is 5.07. The second kappa shape index (κ2) is 6.30. The zero-order valence-corrected chi connectivity index (χ0v) is 15.5. The number of ether oxygens (including phenoxy) is 1. The van der Waals surface area contributed by atoms with Crippen LogP contribution in [0, 0.1) is 5.92 Å². The van der Waals surface area contributed by atoms with Crippen molar-refractivity contribution in [2.24, 2.45) is 5.92 Å². The van der Waals surface area contributed by atoms with E-state index in [1.54, 1.807) is 12.3 Å². The molecule has 0 spiro atoms. The van der Waals surface area contributed by atoms with Crippen LogP contribution >= 0.6 is 11.6 Å². The number of halogens is 1. The lowest BCUT2D eigenvalue weighted by Gasteiger charge is -2.24. The Balaban J connectivity index is 1.48. The lowest BCUT2D eigenvalue weighted by atomic mass is 10.00. The third kappa shape index (κ3) is 3.28. The number of aryl methyl sites for hydroxylation is 1. The molecule has 3 heterocycles. The van der Waals surface area contributed by atoms with Crippen LogP contribution in [-0.2, 0) is 29.4 Å². The smallest absolute Gasteiger partial charge is 0.240 e. The summed E-state index contributed by atoms with van der Waals surface area (Å²) in [6.45, 7) is 3.13. The van der Waals surface area contributed by atoms with E-state index >= 15 is 0 Å². The van der Waals surface area contributed by atoms with Gasteiger partial charge in [-0.25, -0.2) is 18.1 Å². The predicted octanol–water partition coefficient (Wildman–Crippen LogP) is 2.40. The normalized spacial score (nSPS) is 22.3. The molecule has 8 heteroatoms. The highest BCUT2D eigenvalue weighted by atomic mass is 35.5. The van der Waals surface area contributed by atoms with E-state index in [4.69, 9.17) is 16.3 Å². The first-order chi connectivity index (χ1) is 11.9. The maximum Gasteiger partial charge on any atom is 0.240 e. The van der Waals surface area contributed by atoms with Crippen LogP contribution in [0.1, 0.15) is 24.7 Å². The van der Waals surface area contributed by atoms with Crippen LogP contribution in [0.25, 0.3) is 0 Å². The first-order valence-electron chi connectivity index (χ1n) is 8.41. The molecule has 0 radical (unpaired) electrons. The summed E-state index contributed by atoms with van der Waals surface area (Å²) in [5, 5.41) is 0.350. The minimum Gasteiger partial charge on any atom is -0.489 e. The summed E-state index contributed by atoms with van der Waals surface area (Å²) in [6, 6.07) is 3.14. The van der Waals surface area contributed by atoms with Crippen LogP contribution in [0.3, 0.4) is 0 Å². The van der Waals surface area contributed by atoms with Crippen LogP contribution in [-0.4, -0.2) is 30.6 Å². The predicted molar refractivity (Wildman–Crippen MR) is 94.5 cm³/mol. The van der Waals surface area contributed by atoms with Gasteiger partial charge in [-0.2, -0.15) is 0 Å². The number of rotatable bonds is 4. The number of benzene rings is 1. The molecule has 2 atom stereocenters. The van der Waals surface area contributed by atoms with Crippen molar-refractivity contribution in [1.29, 1.82) is 0 Å². The van der Waals surface area contributed by atoms with Gasteiger partial charge < -0.3 is 9.30 Å². The molecule has 2 aliphatic rings. The zero-order chi connectivity index (χ0) is 17.6. The Morgan fingerprint density at radius 1 is 1.44 bits per heavy atom. The molecule has 0 amide bonds. The Labute approximate surface area is 152 Å². The van der Waals surface area contributed by atoms with E-state index in [1.165, 1.54) is 6.07 Å². The number of nitrogens with one attached hydrogen (secondary N) is 1. The minimum absolute atomic E-state index is 0.0185. The summed E-state index contributed by atoms with van der Waals surface area (Å²) in [5.74, 6) is 1.93. The highest BCUT2D eigenvalue weighted by Gasteiger charge is 2.27. The fourth-order valence-electron chi connectivity index (χ4n) is 3.53. The molecular formula is C17H20ClN3O3S. The van der Waals surface area contributed by atoms with E-state index in [9.17, 15) is 8.42 Å². The van der Waals surface area contributed by atoms with Crippen molar-refractivity contribution in [1.82, 2.24) is 14.3 Å². The summed E-state index contributed by atoms with van der Waals surface area (Å²) in [5.41, 5.74) is 0.848. The van der Waals surface area contributed by atoms with Crippen LogP contribution < -0.4 is 9.46 Å². The molecule has 0 fully saturated rings. The van der Waals surface area contributed by atoms with Crippen molar-refractivity contribution in [3.8, 4) is 5.75 Å². The van der Waals surface area contributed by atoms with Crippen molar-refractivity contribution < 1.29 is 13.2 Å². The monoisotopic (exact) mass is 381 g/mol. The number of aromatic nitrogens is 2. The highest BCUT2D eigenvalue weighted by molar-refractivity contribution is 7.89. The van der Waals surface area contributed by atoms with E-state index < -0.39 is 10.0 Å². The summed E-state index contributed by atoms with van der Waals surface area (Å²) in [6.07, 6.45) is 6.22.